The first-order valence-electron chi connectivity index (χ1n) is 6.46. The van der Waals surface area contributed by atoms with Crippen LogP contribution in [0.2, 0.25) is 0 Å². The van der Waals surface area contributed by atoms with Gasteiger partial charge in [-0.1, -0.05) is 0 Å². The molecule has 0 amide bonds. The van der Waals surface area contributed by atoms with Crippen LogP contribution in [0.3, 0.4) is 0 Å². The largest absolute Gasteiger partial charge is 0.463 e. The van der Waals surface area contributed by atoms with E-state index in [1.165, 1.54) is 7.11 Å². The number of pyridine rings is 1. The predicted octanol–water partition coefficient (Wildman–Crippen LogP) is 2.87. The van der Waals surface area contributed by atoms with Crippen molar-refractivity contribution < 1.29 is 13.9 Å². The van der Waals surface area contributed by atoms with E-state index in [4.69, 9.17) is 4.42 Å². The Hall–Kier alpha value is -2.14. The fraction of sp³-hybridized carbons (Fsp3) is 0.333. The second-order valence-corrected chi connectivity index (χ2v) is 4.58. The summed E-state index contributed by atoms with van der Waals surface area (Å²) in [7, 11) is 1.33. The van der Waals surface area contributed by atoms with Gasteiger partial charge in [0.05, 0.1) is 13.2 Å². The van der Waals surface area contributed by atoms with Crippen LogP contribution in [-0.2, 0) is 4.74 Å². The number of carbonyl (C=O) groups excluding carboxylic acids is 1. The van der Waals surface area contributed by atoms with Gasteiger partial charge in [0.15, 0.2) is 0 Å². The minimum Gasteiger partial charge on any atom is -0.463 e. The van der Waals surface area contributed by atoms with E-state index >= 15 is 0 Å². The van der Waals surface area contributed by atoms with Crippen LogP contribution in [-0.4, -0.2) is 18.1 Å². The Morgan fingerprint density at radius 2 is 1.90 bits per heavy atom. The van der Waals surface area contributed by atoms with Gasteiger partial charge in [0.2, 0.25) is 5.76 Å². The maximum Gasteiger partial charge on any atom is 0.373 e. The van der Waals surface area contributed by atoms with Gasteiger partial charge in [-0.3, -0.25) is 4.98 Å². The lowest BCUT2D eigenvalue weighted by atomic mass is 10.1. The Balaban J connectivity index is 2.03. The van der Waals surface area contributed by atoms with E-state index in [9.17, 15) is 4.79 Å². The molecule has 0 aromatic carbocycles. The number of ether oxygens (including phenoxy) is 1. The van der Waals surface area contributed by atoms with E-state index in [2.05, 4.69) is 22.0 Å². The van der Waals surface area contributed by atoms with E-state index in [1.54, 1.807) is 24.5 Å². The molecule has 0 saturated heterocycles. The SMILES string of the molecule is COC(=O)c1ccc(C(C)NC(C)c2ccncc2)o1. The zero-order valence-electron chi connectivity index (χ0n) is 11.8. The molecule has 5 nitrogen and oxygen atoms in total. The molecule has 0 bridgehead atoms. The first kappa shape index (κ1) is 14.3. The van der Waals surface area contributed by atoms with Gasteiger partial charge in [0, 0.05) is 18.4 Å². The summed E-state index contributed by atoms with van der Waals surface area (Å²) in [6.07, 6.45) is 3.53. The van der Waals surface area contributed by atoms with E-state index in [-0.39, 0.29) is 17.8 Å². The molecule has 2 heterocycles. The predicted molar refractivity (Wildman–Crippen MR) is 74.3 cm³/mol. The van der Waals surface area contributed by atoms with Crippen molar-refractivity contribution in [2.24, 2.45) is 0 Å². The third kappa shape index (κ3) is 3.24. The average Bonchev–Trinajstić information content (AvgIpc) is 2.97. The summed E-state index contributed by atoms with van der Waals surface area (Å²) in [6.45, 7) is 4.05. The first-order valence-corrected chi connectivity index (χ1v) is 6.46. The lowest BCUT2D eigenvalue weighted by molar-refractivity contribution is 0.0562. The first-order chi connectivity index (χ1) is 9.61. The molecule has 0 aliphatic heterocycles. The van der Waals surface area contributed by atoms with Crippen LogP contribution >= 0.6 is 0 Å². The highest BCUT2D eigenvalue weighted by atomic mass is 16.5. The Labute approximate surface area is 118 Å². The summed E-state index contributed by atoms with van der Waals surface area (Å²) >= 11 is 0. The standard InChI is InChI=1S/C15H18N2O3/c1-10(12-6-8-16-9-7-12)17-11(2)13-4-5-14(20-13)15(18)19-3/h4-11,17H,1-3H3. The van der Waals surface area contributed by atoms with Crippen molar-refractivity contribution in [1.82, 2.24) is 10.3 Å². The molecule has 20 heavy (non-hydrogen) atoms. The summed E-state index contributed by atoms with van der Waals surface area (Å²) < 4.78 is 10.1. The van der Waals surface area contributed by atoms with Crippen molar-refractivity contribution in [3.63, 3.8) is 0 Å². The van der Waals surface area contributed by atoms with Crippen molar-refractivity contribution in [1.29, 1.82) is 0 Å². The Bertz CT molecular complexity index is 566. The van der Waals surface area contributed by atoms with Gasteiger partial charge < -0.3 is 14.5 Å². The van der Waals surface area contributed by atoms with Crippen molar-refractivity contribution >= 4 is 5.97 Å². The number of furan rings is 1. The smallest absolute Gasteiger partial charge is 0.373 e. The second kappa shape index (κ2) is 6.34. The summed E-state index contributed by atoms with van der Waals surface area (Å²) in [5.41, 5.74) is 1.14. The molecule has 2 aromatic rings. The Morgan fingerprint density at radius 1 is 1.20 bits per heavy atom. The highest BCUT2D eigenvalue weighted by molar-refractivity contribution is 5.86. The fourth-order valence-electron chi connectivity index (χ4n) is 2.00. The van der Waals surface area contributed by atoms with Gasteiger partial charge >= 0.3 is 5.97 Å². The number of hydrogen-bond acceptors (Lipinski definition) is 5. The third-order valence-corrected chi connectivity index (χ3v) is 3.15. The molecule has 0 saturated carbocycles. The minimum absolute atomic E-state index is 0.0171. The molecule has 2 rings (SSSR count). The number of nitrogens with one attached hydrogen (secondary N) is 1. The number of rotatable bonds is 5. The lowest BCUT2D eigenvalue weighted by Gasteiger charge is -2.18. The summed E-state index contributed by atoms with van der Waals surface area (Å²) in [5.74, 6) is 0.449. The molecular formula is C15H18N2O3. The third-order valence-electron chi connectivity index (χ3n) is 3.15. The quantitative estimate of drug-likeness (QED) is 0.849. The van der Waals surface area contributed by atoms with E-state index < -0.39 is 5.97 Å². The van der Waals surface area contributed by atoms with Crippen molar-refractivity contribution in [3.05, 3.63) is 53.7 Å². The zero-order chi connectivity index (χ0) is 14.5. The van der Waals surface area contributed by atoms with Crippen molar-refractivity contribution in [2.75, 3.05) is 7.11 Å². The minimum atomic E-state index is -0.467. The topological polar surface area (TPSA) is 64.4 Å². The number of methoxy groups -OCH3 is 1. The van der Waals surface area contributed by atoms with Gasteiger partial charge in [0.25, 0.3) is 0 Å². The van der Waals surface area contributed by atoms with Gasteiger partial charge in [-0.05, 0) is 43.7 Å². The molecule has 0 aliphatic rings. The van der Waals surface area contributed by atoms with Crippen LogP contribution in [0.5, 0.6) is 0 Å². The molecule has 0 fully saturated rings. The van der Waals surface area contributed by atoms with E-state index in [0.717, 1.165) is 5.56 Å². The molecule has 2 atom stereocenters. The number of aromatic nitrogens is 1. The van der Waals surface area contributed by atoms with Gasteiger partial charge in [-0.15, -0.1) is 0 Å². The average molecular weight is 274 g/mol. The highest BCUT2D eigenvalue weighted by Gasteiger charge is 2.17. The van der Waals surface area contributed by atoms with Crippen molar-refractivity contribution in [3.8, 4) is 0 Å². The number of nitrogens with zero attached hydrogens (tertiary/aromatic N) is 1. The van der Waals surface area contributed by atoms with Crippen LogP contribution < -0.4 is 5.32 Å². The monoisotopic (exact) mass is 274 g/mol. The maximum atomic E-state index is 11.3. The Morgan fingerprint density at radius 3 is 2.55 bits per heavy atom. The molecule has 0 aliphatic carbocycles. The van der Waals surface area contributed by atoms with Crippen LogP contribution in [0.1, 0.15) is 47.8 Å². The van der Waals surface area contributed by atoms with Gasteiger partial charge in [-0.2, -0.15) is 0 Å². The summed E-state index contributed by atoms with van der Waals surface area (Å²) in [4.78, 5) is 15.3. The second-order valence-electron chi connectivity index (χ2n) is 4.58. The van der Waals surface area contributed by atoms with Crippen molar-refractivity contribution in [2.45, 2.75) is 25.9 Å². The van der Waals surface area contributed by atoms with Crippen LogP contribution in [0.25, 0.3) is 0 Å². The van der Waals surface area contributed by atoms with E-state index in [1.807, 2.05) is 19.1 Å². The zero-order valence-corrected chi connectivity index (χ0v) is 11.8. The molecule has 1 N–H and O–H groups in total. The lowest BCUT2D eigenvalue weighted by Crippen LogP contribution is -2.22. The molecule has 2 unspecified atom stereocenters. The summed E-state index contributed by atoms with van der Waals surface area (Å²) in [6, 6.07) is 7.47. The van der Waals surface area contributed by atoms with Crippen LogP contribution in [0.4, 0.5) is 0 Å². The van der Waals surface area contributed by atoms with Gasteiger partial charge in [-0.25, -0.2) is 4.79 Å². The van der Waals surface area contributed by atoms with Crippen LogP contribution in [0, 0.1) is 0 Å². The highest BCUT2D eigenvalue weighted by Crippen LogP contribution is 2.21. The number of hydrogen-bond donors (Lipinski definition) is 1. The molecular weight excluding hydrogens is 256 g/mol. The van der Waals surface area contributed by atoms with E-state index in [0.29, 0.717) is 5.76 Å². The van der Waals surface area contributed by atoms with Crippen LogP contribution in [0.15, 0.2) is 41.1 Å². The molecule has 5 heteroatoms. The molecule has 0 spiro atoms. The molecule has 106 valence electrons. The number of carbonyl (C=O) groups is 1. The Kier molecular flexibility index (Phi) is 4.53. The number of esters is 1. The summed E-state index contributed by atoms with van der Waals surface area (Å²) in [5, 5.41) is 3.41. The molecule has 2 aromatic heterocycles. The molecule has 0 radical (unpaired) electrons. The normalized spacial score (nSPS) is 13.8. The van der Waals surface area contributed by atoms with Gasteiger partial charge in [0.1, 0.15) is 5.76 Å². The fourth-order valence-corrected chi connectivity index (χ4v) is 2.00. The maximum absolute atomic E-state index is 11.3.